The topological polar surface area (TPSA) is 106 Å². The summed E-state index contributed by atoms with van der Waals surface area (Å²) in [5.41, 5.74) is 2.34. The van der Waals surface area contributed by atoms with Crippen LogP contribution in [0.15, 0.2) is 41.6 Å². The number of nitrogens with zero attached hydrogens (tertiary/aromatic N) is 5. The normalized spacial score (nSPS) is 13.4. The molecule has 0 saturated carbocycles. The minimum Gasteiger partial charge on any atom is -0.341 e. The van der Waals surface area contributed by atoms with Gasteiger partial charge in [0.2, 0.25) is 11.9 Å². The van der Waals surface area contributed by atoms with Crippen molar-refractivity contribution in [2.45, 2.75) is 31.8 Å². The van der Waals surface area contributed by atoms with Crippen LogP contribution in [0.25, 0.3) is 5.69 Å². The van der Waals surface area contributed by atoms with E-state index in [0.29, 0.717) is 21.7 Å². The number of hydrogen-bond acceptors (Lipinski definition) is 7. The predicted molar refractivity (Wildman–Crippen MR) is 130 cm³/mol. The fourth-order valence-corrected chi connectivity index (χ4v) is 4.70. The second-order valence-corrected chi connectivity index (χ2v) is 9.11. The SMILES string of the molecule is Cc1ccc([N+](=O)[O-])c(NC(=O)CSc2nnc(N3CCCC3)n2-c2ccccc2Cl)c1C. The van der Waals surface area contributed by atoms with Gasteiger partial charge < -0.3 is 10.2 Å². The third-order valence-corrected chi connectivity index (χ3v) is 6.85. The standard InChI is InChI=1S/C22H23ClN6O3S/c1-14-9-10-18(29(31)32)20(15(14)2)24-19(30)13-33-22-26-25-21(27-11-5-6-12-27)28(22)17-8-4-3-7-16(17)23/h3-4,7-10H,5-6,11-13H2,1-2H3,(H,24,30). The number of rotatable bonds is 7. The van der Waals surface area contributed by atoms with Crippen molar-refractivity contribution in [3.63, 3.8) is 0 Å². The molecule has 4 rings (SSSR count). The minimum absolute atomic E-state index is 0.00707. The molecule has 11 heteroatoms. The van der Waals surface area contributed by atoms with Gasteiger partial charge in [-0.25, -0.2) is 0 Å². The predicted octanol–water partition coefficient (Wildman–Crippen LogP) is 4.78. The largest absolute Gasteiger partial charge is 0.341 e. The lowest BCUT2D eigenvalue weighted by Crippen LogP contribution is -2.22. The molecule has 3 aromatic rings. The van der Waals surface area contributed by atoms with Crippen LogP contribution >= 0.6 is 23.4 Å². The number of aromatic nitrogens is 3. The molecule has 0 spiro atoms. The molecule has 1 aliphatic heterocycles. The molecule has 1 saturated heterocycles. The van der Waals surface area contributed by atoms with Crippen molar-refractivity contribution >= 4 is 46.6 Å². The zero-order chi connectivity index (χ0) is 23.5. The fourth-order valence-electron chi connectivity index (χ4n) is 3.74. The number of para-hydroxylation sites is 1. The van der Waals surface area contributed by atoms with Crippen molar-refractivity contribution in [2.24, 2.45) is 0 Å². The number of carbonyl (C=O) groups excluding carboxylic acids is 1. The van der Waals surface area contributed by atoms with Gasteiger partial charge in [0.15, 0.2) is 5.16 Å². The van der Waals surface area contributed by atoms with Gasteiger partial charge in [-0.05, 0) is 49.9 Å². The number of nitro groups is 1. The Morgan fingerprint density at radius 1 is 1.18 bits per heavy atom. The van der Waals surface area contributed by atoms with Gasteiger partial charge in [-0.2, -0.15) is 0 Å². The first-order chi connectivity index (χ1) is 15.9. The Morgan fingerprint density at radius 3 is 2.61 bits per heavy atom. The molecule has 0 radical (unpaired) electrons. The molecule has 1 fully saturated rings. The van der Waals surface area contributed by atoms with Crippen LogP contribution in [-0.2, 0) is 4.79 Å². The van der Waals surface area contributed by atoms with Crippen LogP contribution in [0, 0.1) is 24.0 Å². The van der Waals surface area contributed by atoms with Crippen molar-refractivity contribution in [3.8, 4) is 5.69 Å². The van der Waals surface area contributed by atoms with Crippen LogP contribution in [0.3, 0.4) is 0 Å². The monoisotopic (exact) mass is 486 g/mol. The summed E-state index contributed by atoms with van der Waals surface area (Å²) >= 11 is 7.67. The lowest BCUT2D eigenvalue weighted by molar-refractivity contribution is -0.384. The summed E-state index contributed by atoms with van der Waals surface area (Å²) in [4.78, 5) is 25.8. The van der Waals surface area contributed by atoms with E-state index in [1.165, 1.54) is 17.8 Å². The zero-order valence-corrected chi connectivity index (χ0v) is 19.8. The van der Waals surface area contributed by atoms with Gasteiger partial charge in [-0.15, -0.1) is 10.2 Å². The van der Waals surface area contributed by atoms with E-state index in [1.807, 2.05) is 29.7 Å². The summed E-state index contributed by atoms with van der Waals surface area (Å²) in [5.74, 6) is 0.328. The first-order valence-electron chi connectivity index (χ1n) is 10.5. The van der Waals surface area contributed by atoms with Crippen molar-refractivity contribution in [1.29, 1.82) is 0 Å². The average molecular weight is 487 g/mol. The molecular weight excluding hydrogens is 464 g/mol. The second kappa shape index (κ2) is 9.80. The van der Waals surface area contributed by atoms with Crippen LogP contribution in [0.4, 0.5) is 17.3 Å². The smallest absolute Gasteiger partial charge is 0.293 e. The number of aryl methyl sites for hydroxylation is 1. The molecule has 0 atom stereocenters. The molecular formula is C22H23ClN6O3S. The number of hydrogen-bond donors (Lipinski definition) is 1. The third-order valence-electron chi connectivity index (χ3n) is 5.61. The molecule has 2 aromatic carbocycles. The average Bonchev–Trinajstić information content (AvgIpc) is 3.45. The van der Waals surface area contributed by atoms with E-state index in [1.54, 1.807) is 19.1 Å². The lowest BCUT2D eigenvalue weighted by Gasteiger charge is -2.19. The Labute approximate surface area is 200 Å². The summed E-state index contributed by atoms with van der Waals surface area (Å²) in [6.07, 6.45) is 2.16. The van der Waals surface area contributed by atoms with Crippen LogP contribution in [0.5, 0.6) is 0 Å². The van der Waals surface area contributed by atoms with E-state index in [2.05, 4.69) is 20.4 Å². The lowest BCUT2D eigenvalue weighted by atomic mass is 10.1. The van der Waals surface area contributed by atoms with Gasteiger partial charge >= 0.3 is 0 Å². The van der Waals surface area contributed by atoms with Gasteiger partial charge in [0.05, 0.1) is 21.4 Å². The second-order valence-electron chi connectivity index (χ2n) is 7.76. The maximum atomic E-state index is 12.8. The fraction of sp³-hybridized carbons (Fsp3) is 0.318. The van der Waals surface area contributed by atoms with Gasteiger partial charge in [0.1, 0.15) is 5.69 Å². The Kier molecular flexibility index (Phi) is 6.85. The van der Waals surface area contributed by atoms with Crippen LogP contribution in [0.1, 0.15) is 24.0 Å². The highest BCUT2D eigenvalue weighted by atomic mass is 35.5. The molecule has 1 aromatic heterocycles. The van der Waals surface area contributed by atoms with Gasteiger partial charge in [0, 0.05) is 19.2 Å². The molecule has 0 unspecified atom stereocenters. The number of benzene rings is 2. The number of carbonyl (C=O) groups is 1. The molecule has 1 N–H and O–H groups in total. The van der Waals surface area contributed by atoms with E-state index in [9.17, 15) is 14.9 Å². The molecule has 33 heavy (non-hydrogen) atoms. The number of nitro benzene ring substituents is 1. The van der Waals surface area contributed by atoms with Crippen LogP contribution in [-0.4, -0.2) is 44.4 Å². The highest BCUT2D eigenvalue weighted by Gasteiger charge is 2.25. The van der Waals surface area contributed by atoms with E-state index < -0.39 is 4.92 Å². The highest BCUT2D eigenvalue weighted by molar-refractivity contribution is 7.99. The molecule has 9 nitrogen and oxygen atoms in total. The Morgan fingerprint density at radius 2 is 1.91 bits per heavy atom. The maximum Gasteiger partial charge on any atom is 0.293 e. The first kappa shape index (κ1) is 23.1. The van der Waals surface area contributed by atoms with Crippen LogP contribution < -0.4 is 10.2 Å². The zero-order valence-electron chi connectivity index (χ0n) is 18.2. The number of halogens is 1. The first-order valence-corrected chi connectivity index (χ1v) is 11.9. The molecule has 1 aliphatic rings. The molecule has 0 aliphatic carbocycles. The number of amides is 1. The van der Waals surface area contributed by atoms with Crippen molar-refractivity contribution in [3.05, 3.63) is 62.7 Å². The minimum atomic E-state index is -0.494. The van der Waals surface area contributed by atoms with Gasteiger partial charge in [-0.3, -0.25) is 19.5 Å². The molecule has 172 valence electrons. The molecule has 1 amide bonds. The Balaban J connectivity index is 1.58. The summed E-state index contributed by atoms with van der Waals surface area (Å²) in [6, 6.07) is 10.5. The van der Waals surface area contributed by atoms with E-state index in [4.69, 9.17) is 11.6 Å². The number of anilines is 2. The van der Waals surface area contributed by atoms with E-state index in [-0.39, 0.29) is 23.0 Å². The van der Waals surface area contributed by atoms with E-state index in [0.717, 1.165) is 37.2 Å². The quantitative estimate of drug-likeness (QED) is 0.291. The molecule has 0 bridgehead atoms. The third kappa shape index (κ3) is 4.81. The summed E-state index contributed by atoms with van der Waals surface area (Å²) < 4.78 is 1.87. The van der Waals surface area contributed by atoms with Gasteiger partial charge in [0.25, 0.3) is 5.69 Å². The molecule has 2 heterocycles. The van der Waals surface area contributed by atoms with Crippen LogP contribution in [0.2, 0.25) is 5.02 Å². The Bertz CT molecular complexity index is 1210. The number of thioether (sulfide) groups is 1. The summed E-state index contributed by atoms with van der Waals surface area (Å²) in [5, 5.41) is 23.9. The van der Waals surface area contributed by atoms with Crippen molar-refractivity contribution in [2.75, 3.05) is 29.1 Å². The summed E-state index contributed by atoms with van der Waals surface area (Å²) in [7, 11) is 0. The Hall–Kier alpha value is -3.11. The maximum absolute atomic E-state index is 12.8. The number of nitrogens with one attached hydrogen (secondary N) is 1. The van der Waals surface area contributed by atoms with Gasteiger partial charge in [-0.1, -0.05) is 41.6 Å². The van der Waals surface area contributed by atoms with Crippen molar-refractivity contribution < 1.29 is 9.72 Å². The summed E-state index contributed by atoms with van der Waals surface area (Å²) in [6.45, 7) is 5.35. The highest BCUT2D eigenvalue weighted by Crippen LogP contribution is 2.33. The van der Waals surface area contributed by atoms with E-state index >= 15 is 0 Å². The van der Waals surface area contributed by atoms with Crippen molar-refractivity contribution in [1.82, 2.24) is 14.8 Å².